The van der Waals surface area contributed by atoms with Crippen LogP contribution >= 0.6 is 31.9 Å². The lowest BCUT2D eigenvalue weighted by Gasteiger charge is -2.05. The smallest absolute Gasteiger partial charge is 0.306 e. The number of ether oxygens (including phenoxy) is 2. The van der Waals surface area contributed by atoms with Crippen LogP contribution in [0.25, 0.3) is 0 Å². The van der Waals surface area contributed by atoms with Gasteiger partial charge in [0.2, 0.25) is 0 Å². The Morgan fingerprint density at radius 3 is 1.73 bits per heavy atom. The van der Waals surface area contributed by atoms with Gasteiger partial charge in [-0.05, 0) is 19.3 Å². The quantitative estimate of drug-likeness (QED) is 0.145. The molecule has 0 rings (SSSR count). The maximum atomic E-state index is 11.0. The van der Waals surface area contributed by atoms with Gasteiger partial charge < -0.3 is 9.47 Å². The van der Waals surface area contributed by atoms with Gasteiger partial charge in [-0.15, -0.1) is 0 Å². The summed E-state index contributed by atoms with van der Waals surface area (Å²) in [4.78, 5) is 22.2. The SMILES string of the molecule is CCCCCCOC(=O)CC(C)Br.CCCCCCOC(=O)CCCBr. The number of halogens is 2. The fourth-order valence-corrected chi connectivity index (χ4v) is 2.55. The van der Waals surface area contributed by atoms with Gasteiger partial charge in [-0.25, -0.2) is 0 Å². The average Bonchev–Trinajstić information content (AvgIpc) is 2.59. The molecule has 0 saturated carbocycles. The first-order valence-corrected chi connectivity index (χ1v) is 12.0. The summed E-state index contributed by atoms with van der Waals surface area (Å²) in [6, 6.07) is 0. The van der Waals surface area contributed by atoms with Crippen molar-refractivity contribution in [1.29, 1.82) is 0 Å². The second kappa shape index (κ2) is 22.9. The van der Waals surface area contributed by atoms with E-state index in [4.69, 9.17) is 9.47 Å². The van der Waals surface area contributed by atoms with Crippen molar-refractivity contribution in [1.82, 2.24) is 0 Å². The molecule has 0 bridgehead atoms. The number of hydrogen-bond acceptors (Lipinski definition) is 4. The van der Waals surface area contributed by atoms with Gasteiger partial charge in [0.25, 0.3) is 0 Å². The minimum Gasteiger partial charge on any atom is -0.466 e. The molecule has 0 heterocycles. The van der Waals surface area contributed by atoms with Gasteiger partial charge in [-0.3, -0.25) is 9.59 Å². The van der Waals surface area contributed by atoms with Gasteiger partial charge in [0, 0.05) is 16.6 Å². The Morgan fingerprint density at radius 1 is 0.808 bits per heavy atom. The van der Waals surface area contributed by atoms with Gasteiger partial charge in [0.05, 0.1) is 19.6 Å². The summed E-state index contributed by atoms with van der Waals surface area (Å²) in [5, 5.41) is 0.873. The second-order valence-electron chi connectivity index (χ2n) is 6.34. The third-order valence-electron chi connectivity index (χ3n) is 3.48. The maximum absolute atomic E-state index is 11.0. The summed E-state index contributed by atoms with van der Waals surface area (Å²) in [5.74, 6) is -0.156. The Kier molecular flexibility index (Phi) is 24.8. The Hall–Kier alpha value is -0.100. The van der Waals surface area contributed by atoms with Crippen molar-refractivity contribution in [2.24, 2.45) is 0 Å². The molecule has 0 aliphatic rings. The number of carbonyl (C=O) groups excluding carboxylic acids is 2. The standard InChI is InChI=1S/2C10H19BrO2/c1-3-4-5-6-7-13-10(12)8-9(2)11;1-2-3-4-5-9-13-10(12)7-6-8-11/h9H,3-8H2,1-2H3;2-9H2,1H3. The van der Waals surface area contributed by atoms with E-state index >= 15 is 0 Å². The van der Waals surface area contributed by atoms with Crippen molar-refractivity contribution < 1.29 is 19.1 Å². The topological polar surface area (TPSA) is 52.6 Å². The molecule has 0 spiro atoms. The lowest BCUT2D eigenvalue weighted by Crippen LogP contribution is -2.09. The third kappa shape index (κ3) is 26.1. The van der Waals surface area contributed by atoms with E-state index in [2.05, 4.69) is 45.7 Å². The fraction of sp³-hybridized carbons (Fsp3) is 0.900. The molecular formula is C20H38Br2O4. The van der Waals surface area contributed by atoms with E-state index in [1.54, 1.807) is 0 Å². The molecule has 0 aromatic carbocycles. The highest BCUT2D eigenvalue weighted by Gasteiger charge is 2.06. The Bertz CT molecular complexity index is 323. The van der Waals surface area contributed by atoms with Crippen molar-refractivity contribution in [2.45, 2.75) is 96.2 Å². The highest BCUT2D eigenvalue weighted by Crippen LogP contribution is 2.05. The van der Waals surface area contributed by atoms with Crippen LogP contribution in [-0.4, -0.2) is 35.3 Å². The second-order valence-corrected chi connectivity index (χ2v) is 8.70. The number of alkyl halides is 2. The molecular weight excluding hydrogens is 464 g/mol. The van der Waals surface area contributed by atoms with E-state index in [9.17, 15) is 9.59 Å². The number of esters is 2. The van der Waals surface area contributed by atoms with Crippen molar-refractivity contribution in [3.8, 4) is 0 Å². The fourth-order valence-electron chi connectivity index (χ4n) is 2.00. The molecule has 0 radical (unpaired) electrons. The Morgan fingerprint density at radius 2 is 1.31 bits per heavy atom. The maximum Gasteiger partial charge on any atom is 0.306 e. The first-order chi connectivity index (χ1) is 12.5. The monoisotopic (exact) mass is 500 g/mol. The van der Waals surface area contributed by atoms with Crippen LogP contribution in [0.2, 0.25) is 0 Å². The minimum atomic E-state index is -0.0964. The molecule has 0 saturated heterocycles. The average molecular weight is 502 g/mol. The zero-order valence-corrected chi connectivity index (χ0v) is 20.0. The zero-order valence-electron chi connectivity index (χ0n) is 16.9. The largest absolute Gasteiger partial charge is 0.466 e. The highest BCUT2D eigenvalue weighted by atomic mass is 79.9. The minimum absolute atomic E-state index is 0.0593. The van der Waals surface area contributed by atoms with Gasteiger partial charge in [-0.1, -0.05) is 91.2 Å². The normalized spacial score (nSPS) is 11.3. The molecule has 0 amide bonds. The van der Waals surface area contributed by atoms with Crippen LogP contribution in [0.1, 0.15) is 91.4 Å². The summed E-state index contributed by atoms with van der Waals surface area (Å²) in [7, 11) is 0. The van der Waals surface area contributed by atoms with E-state index in [1.165, 1.54) is 32.1 Å². The Labute approximate surface area is 177 Å². The molecule has 0 aliphatic heterocycles. The van der Waals surface area contributed by atoms with Crippen LogP contribution in [-0.2, 0) is 19.1 Å². The van der Waals surface area contributed by atoms with Crippen LogP contribution < -0.4 is 0 Å². The highest BCUT2D eigenvalue weighted by molar-refractivity contribution is 9.09. The first kappa shape index (κ1) is 28.1. The predicted molar refractivity (Wildman–Crippen MR) is 116 cm³/mol. The van der Waals surface area contributed by atoms with Crippen molar-refractivity contribution in [3.63, 3.8) is 0 Å². The van der Waals surface area contributed by atoms with Crippen molar-refractivity contribution in [3.05, 3.63) is 0 Å². The van der Waals surface area contributed by atoms with Crippen LogP contribution in [0.4, 0.5) is 0 Å². The summed E-state index contributed by atoms with van der Waals surface area (Å²) in [6.07, 6.45) is 11.1. The molecule has 0 fully saturated rings. The summed E-state index contributed by atoms with van der Waals surface area (Å²) >= 11 is 6.58. The number of rotatable bonds is 15. The summed E-state index contributed by atoms with van der Waals surface area (Å²) in [6.45, 7) is 7.46. The first-order valence-electron chi connectivity index (χ1n) is 9.99. The van der Waals surface area contributed by atoms with Gasteiger partial charge >= 0.3 is 11.9 Å². The molecule has 1 atom stereocenters. The Balaban J connectivity index is 0. The molecule has 4 nitrogen and oxygen atoms in total. The molecule has 0 aromatic rings. The molecule has 0 aromatic heterocycles. The van der Waals surface area contributed by atoms with E-state index in [0.717, 1.165) is 31.0 Å². The van der Waals surface area contributed by atoms with E-state index in [0.29, 0.717) is 26.1 Å². The lowest BCUT2D eigenvalue weighted by atomic mass is 10.2. The van der Waals surface area contributed by atoms with Crippen LogP contribution in [0.15, 0.2) is 0 Å². The van der Waals surface area contributed by atoms with Crippen molar-refractivity contribution in [2.75, 3.05) is 18.5 Å². The van der Waals surface area contributed by atoms with E-state index < -0.39 is 0 Å². The molecule has 0 aliphatic carbocycles. The van der Waals surface area contributed by atoms with Gasteiger partial charge in [0.1, 0.15) is 0 Å². The van der Waals surface area contributed by atoms with E-state index in [1.807, 2.05) is 6.92 Å². The van der Waals surface area contributed by atoms with Crippen LogP contribution in [0.3, 0.4) is 0 Å². The third-order valence-corrected chi connectivity index (χ3v) is 4.37. The van der Waals surface area contributed by atoms with Crippen LogP contribution in [0, 0.1) is 0 Å². The van der Waals surface area contributed by atoms with Gasteiger partial charge in [-0.2, -0.15) is 0 Å². The van der Waals surface area contributed by atoms with Crippen LogP contribution in [0.5, 0.6) is 0 Å². The molecule has 26 heavy (non-hydrogen) atoms. The van der Waals surface area contributed by atoms with Crippen molar-refractivity contribution >= 4 is 43.8 Å². The molecule has 0 N–H and O–H groups in total. The zero-order chi connectivity index (χ0) is 20.0. The lowest BCUT2D eigenvalue weighted by molar-refractivity contribution is -0.144. The summed E-state index contributed by atoms with van der Waals surface area (Å²) in [5.41, 5.74) is 0. The molecule has 6 heteroatoms. The molecule has 1 unspecified atom stereocenters. The molecule has 156 valence electrons. The van der Waals surface area contributed by atoms with Gasteiger partial charge in [0.15, 0.2) is 0 Å². The number of unbranched alkanes of at least 4 members (excludes halogenated alkanes) is 6. The number of carbonyl (C=O) groups is 2. The summed E-state index contributed by atoms with van der Waals surface area (Å²) < 4.78 is 10.1. The van der Waals surface area contributed by atoms with E-state index in [-0.39, 0.29) is 16.8 Å². The predicted octanol–water partition coefficient (Wildman–Crippen LogP) is 6.57. The number of hydrogen-bond donors (Lipinski definition) is 0.